The molecule has 20 heavy (non-hydrogen) atoms. The van der Waals surface area contributed by atoms with Gasteiger partial charge in [-0.25, -0.2) is 4.39 Å². The number of nitrogen functional groups attached to an aromatic ring is 1. The first-order valence-corrected chi connectivity index (χ1v) is 7.40. The van der Waals surface area contributed by atoms with Crippen molar-refractivity contribution in [2.75, 3.05) is 25.9 Å². The first-order chi connectivity index (χ1) is 9.49. The van der Waals surface area contributed by atoms with Crippen LogP contribution < -0.4 is 5.73 Å². The molecule has 1 amide bonds. The summed E-state index contributed by atoms with van der Waals surface area (Å²) in [5.74, 6) is -0.732. The Labute approximate surface area is 126 Å². The highest BCUT2D eigenvalue weighted by atomic mass is 79.9. The second-order valence-electron chi connectivity index (χ2n) is 5.03. The predicted molar refractivity (Wildman–Crippen MR) is 79.1 cm³/mol. The first kappa shape index (κ1) is 15.3. The molecule has 1 aromatic carbocycles. The Morgan fingerprint density at radius 3 is 2.95 bits per heavy atom. The number of ether oxygens (including phenoxy) is 1. The Morgan fingerprint density at radius 1 is 1.55 bits per heavy atom. The largest absolute Gasteiger partial charge is 0.396 e. The van der Waals surface area contributed by atoms with Gasteiger partial charge in [-0.3, -0.25) is 4.79 Å². The van der Waals surface area contributed by atoms with Gasteiger partial charge in [-0.15, -0.1) is 0 Å². The van der Waals surface area contributed by atoms with E-state index < -0.39 is 5.82 Å². The normalized spacial score (nSPS) is 18.9. The molecule has 1 aliphatic heterocycles. The topological polar surface area (TPSA) is 55.6 Å². The van der Waals surface area contributed by atoms with Crippen molar-refractivity contribution in [2.24, 2.45) is 0 Å². The van der Waals surface area contributed by atoms with E-state index in [1.165, 1.54) is 12.1 Å². The third-order valence-electron chi connectivity index (χ3n) is 3.41. The number of nitrogens with zero attached hydrogens (tertiary/aromatic N) is 1. The van der Waals surface area contributed by atoms with E-state index in [4.69, 9.17) is 10.5 Å². The molecule has 1 atom stereocenters. The standard InChI is InChI=1S/C14H18BrFN2O2/c1-18(8-9-4-2-3-5-20-9)14(19)10-6-13(17)12(16)7-11(10)15/h6-7,9H,2-5,8,17H2,1H3. The smallest absolute Gasteiger partial charge is 0.254 e. The van der Waals surface area contributed by atoms with Crippen LogP contribution in [0.1, 0.15) is 29.6 Å². The summed E-state index contributed by atoms with van der Waals surface area (Å²) in [6.07, 6.45) is 3.24. The van der Waals surface area contributed by atoms with Gasteiger partial charge in [0.05, 0.1) is 17.4 Å². The zero-order valence-corrected chi connectivity index (χ0v) is 13.0. The highest BCUT2D eigenvalue weighted by Crippen LogP contribution is 2.24. The summed E-state index contributed by atoms with van der Waals surface area (Å²) in [6, 6.07) is 2.58. The van der Waals surface area contributed by atoms with Gasteiger partial charge in [0.15, 0.2) is 0 Å². The van der Waals surface area contributed by atoms with E-state index in [2.05, 4.69) is 15.9 Å². The van der Waals surface area contributed by atoms with E-state index >= 15 is 0 Å². The predicted octanol–water partition coefficient (Wildman–Crippen LogP) is 2.81. The number of nitrogens with two attached hydrogens (primary N) is 1. The summed E-state index contributed by atoms with van der Waals surface area (Å²) in [5, 5.41) is 0. The zero-order chi connectivity index (χ0) is 14.7. The molecule has 0 spiro atoms. The number of carbonyl (C=O) groups excluding carboxylic acids is 1. The van der Waals surface area contributed by atoms with Crippen molar-refractivity contribution in [3.8, 4) is 0 Å². The molecule has 0 radical (unpaired) electrons. The summed E-state index contributed by atoms with van der Waals surface area (Å²) >= 11 is 3.20. The summed E-state index contributed by atoms with van der Waals surface area (Å²) in [7, 11) is 1.71. The maximum atomic E-state index is 13.3. The van der Waals surface area contributed by atoms with Gasteiger partial charge < -0.3 is 15.4 Å². The summed E-state index contributed by atoms with van der Waals surface area (Å²) in [5.41, 5.74) is 5.85. The average molecular weight is 345 g/mol. The number of anilines is 1. The molecule has 2 N–H and O–H groups in total. The Balaban J connectivity index is 2.08. The van der Waals surface area contributed by atoms with Gasteiger partial charge in [-0.05, 0) is 47.3 Å². The number of halogens is 2. The van der Waals surface area contributed by atoms with Gasteiger partial charge >= 0.3 is 0 Å². The fraction of sp³-hybridized carbons (Fsp3) is 0.500. The second-order valence-corrected chi connectivity index (χ2v) is 5.88. The van der Waals surface area contributed by atoms with E-state index in [1.54, 1.807) is 11.9 Å². The molecule has 0 aromatic heterocycles. The summed E-state index contributed by atoms with van der Waals surface area (Å²) in [6.45, 7) is 1.28. The molecule has 1 heterocycles. The number of likely N-dealkylation sites (N-methyl/N-ethyl adjacent to an activating group) is 1. The lowest BCUT2D eigenvalue weighted by molar-refractivity contribution is -0.000204. The lowest BCUT2D eigenvalue weighted by Gasteiger charge is -2.27. The van der Waals surface area contributed by atoms with Gasteiger partial charge in [-0.1, -0.05) is 0 Å². The Hall–Kier alpha value is -1.14. The van der Waals surface area contributed by atoms with E-state index in [0.717, 1.165) is 25.9 Å². The molecule has 1 aliphatic rings. The molecule has 4 nitrogen and oxygen atoms in total. The molecule has 110 valence electrons. The van der Waals surface area contributed by atoms with Gasteiger partial charge in [0, 0.05) is 24.7 Å². The van der Waals surface area contributed by atoms with Gasteiger partial charge in [-0.2, -0.15) is 0 Å². The minimum absolute atomic E-state index is 0.0288. The molecule has 1 aromatic rings. The van der Waals surface area contributed by atoms with Crippen LogP contribution in [0.5, 0.6) is 0 Å². The van der Waals surface area contributed by atoms with Crippen LogP contribution in [-0.4, -0.2) is 37.1 Å². The van der Waals surface area contributed by atoms with E-state index in [9.17, 15) is 9.18 Å². The number of benzene rings is 1. The lowest BCUT2D eigenvalue weighted by Crippen LogP contribution is -2.37. The molecule has 1 saturated heterocycles. The number of hydrogen-bond donors (Lipinski definition) is 1. The van der Waals surface area contributed by atoms with Crippen LogP contribution in [0.15, 0.2) is 16.6 Å². The van der Waals surface area contributed by atoms with Crippen LogP contribution in [0.3, 0.4) is 0 Å². The third-order valence-corrected chi connectivity index (χ3v) is 4.07. The van der Waals surface area contributed by atoms with Crippen LogP contribution in [0, 0.1) is 5.82 Å². The molecule has 0 saturated carbocycles. The summed E-state index contributed by atoms with van der Waals surface area (Å²) in [4.78, 5) is 14.0. The van der Waals surface area contributed by atoms with Crippen molar-refractivity contribution in [2.45, 2.75) is 25.4 Å². The molecule has 1 fully saturated rings. The van der Waals surface area contributed by atoms with E-state index in [0.29, 0.717) is 16.6 Å². The molecular formula is C14H18BrFN2O2. The van der Waals surface area contributed by atoms with Crippen molar-refractivity contribution < 1.29 is 13.9 Å². The second kappa shape index (κ2) is 6.54. The average Bonchev–Trinajstić information content (AvgIpc) is 2.43. The van der Waals surface area contributed by atoms with Crippen LogP contribution in [0.25, 0.3) is 0 Å². The van der Waals surface area contributed by atoms with Gasteiger partial charge in [0.1, 0.15) is 5.82 Å². The van der Waals surface area contributed by atoms with E-state index in [-0.39, 0.29) is 17.7 Å². The minimum Gasteiger partial charge on any atom is -0.396 e. The minimum atomic E-state index is -0.535. The lowest BCUT2D eigenvalue weighted by atomic mass is 10.1. The SMILES string of the molecule is CN(CC1CCCCO1)C(=O)c1cc(N)c(F)cc1Br. The molecule has 2 rings (SSSR count). The Morgan fingerprint density at radius 2 is 2.30 bits per heavy atom. The fourth-order valence-corrected chi connectivity index (χ4v) is 2.76. The molecule has 6 heteroatoms. The van der Waals surface area contributed by atoms with Crippen LogP contribution in [0.2, 0.25) is 0 Å². The molecular weight excluding hydrogens is 327 g/mol. The van der Waals surface area contributed by atoms with Crippen molar-refractivity contribution in [1.29, 1.82) is 0 Å². The number of hydrogen-bond acceptors (Lipinski definition) is 3. The van der Waals surface area contributed by atoms with Crippen molar-refractivity contribution in [3.05, 3.63) is 28.0 Å². The molecule has 0 bridgehead atoms. The Bertz CT molecular complexity index is 504. The van der Waals surface area contributed by atoms with E-state index in [1.807, 2.05) is 0 Å². The van der Waals surface area contributed by atoms with Gasteiger partial charge in [0.2, 0.25) is 0 Å². The van der Waals surface area contributed by atoms with Crippen molar-refractivity contribution in [3.63, 3.8) is 0 Å². The maximum Gasteiger partial charge on any atom is 0.254 e. The molecule has 0 aliphatic carbocycles. The van der Waals surface area contributed by atoms with Crippen molar-refractivity contribution >= 4 is 27.5 Å². The zero-order valence-electron chi connectivity index (χ0n) is 11.4. The maximum absolute atomic E-state index is 13.3. The van der Waals surface area contributed by atoms with Crippen LogP contribution >= 0.6 is 15.9 Å². The van der Waals surface area contributed by atoms with Crippen LogP contribution in [0.4, 0.5) is 10.1 Å². The summed E-state index contributed by atoms with van der Waals surface area (Å²) < 4.78 is 19.3. The van der Waals surface area contributed by atoms with Crippen LogP contribution in [-0.2, 0) is 4.74 Å². The quantitative estimate of drug-likeness (QED) is 0.857. The van der Waals surface area contributed by atoms with Crippen molar-refractivity contribution in [1.82, 2.24) is 4.90 Å². The van der Waals surface area contributed by atoms with Gasteiger partial charge in [0.25, 0.3) is 5.91 Å². The highest BCUT2D eigenvalue weighted by molar-refractivity contribution is 9.10. The Kier molecular flexibility index (Phi) is 4.99. The highest BCUT2D eigenvalue weighted by Gasteiger charge is 2.21. The number of carbonyl (C=O) groups is 1. The number of amides is 1. The molecule has 1 unspecified atom stereocenters. The third kappa shape index (κ3) is 3.49. The fourth-order valence-electron chi connectivity index (χ4n) is 2.28. The number of rotatable bonds is 3. The monoisotopic (exact) mass is 344 g/mol. The first-order valence-electron chi connectivity index (χ1n) is 6.60.